The third-order valence-corrected chi connectivity index (χ3v) is 1.59. The molecule has 0 atom stereocenters. The highest BCUT2D eigenvalue weighted by atomic mass is 16.1. The second-order valence-corrected chi connectivity index (χ2v) is 3.20. The Labute approximate surface area is 72.2 Å². The van der Waals surface area contributed by atoms with E-state index in [-0.39, 0.29) is 0 Å². The molecule has 5 heteroatoms. The molecule has 0 bridgehead atoms. The highest BCUT2D eigenvalue weighted by Crippen LogP contribution is 2.09. The van der Waals surface area contributed by atoms with Gasteiger partial charge in [0.2, 0.25) is 5.91 Å². The zero-order valence-corrected chi connectivity index (χ0v) is 7.66. The maximum absolute atomic E-state index is 10.9. The van der Waals surface area contributed by atoms with E-state index in [0.717, 1.165) is 0 Å². The van der Waals surface area contributed by atoms with Crippen LogP contribution in [0.5, 0.6) is 0 Å². The fourth-order valence-corrected chi connectivity index (χ4v) is 0.508. The quantitative estimate of drug-likeness (QED) is 0.385. The van der Waals surface area contributed by atoms with Crippen molar-refractivity contribution in [3.05, 3.63) is 11.9 Å². The van der Waals surface area contributed by atoms with Crippen LogP contribution >= 0.6 is 0 Å². The first-order valence-electron chi connectivity index (χ1n) is 3.56. The summed E-state index contributed by atoms with van der Waals surface area (Å²) in [7, 11) is 0. The standard InChI is InChI=1S/C7H16N4O/c1-5(8)4-11(10)7(2,3)6(9)12/h4H,8,10H2,1-3H3,(H2,9,12)/b5-4-. The van der Waals surface area contributed by atoms with Crippen LogP contribution in [0.4, 0.5) is 0 Å². The minimum atomic E-state index is -0.916. The number of rotatable bonds is 3. The molecular formula is C7H16N4O. The van der Waals surface area contributed by atoms with Gasteiger partial charge in [-0.25, -0.2) is 5.84 Å². The van der Waals surface area contributed by atoms with Gasteiger partial charge in [0.1, 0.15) is 5.54 Å². The van der Waals surface area contributed by atoms with Gasteiger partial charge in [0.15, 0.2) is 0 Å². The third-order valence-electron chi connectivity index (χ3n) is 1.59. The lowest BCUT2D eigenvalue weighted by Crippen LogP contribution is -2.54. The molecule has 5 nitrogen and oxygen atoms in total. The topological polar surface area (TPSA) is 98.4 Å². The van der Waals surface area contributed by atoms with Gasteiger partial charge in [-0.1, -0.05) is 0 Å². The normalized spacial score (nSPS) is 12.8. The molecule has 0 rings (SSSR count). The second-order valence-electron chi connectivity index (χ2n) is 3.20. The van der Waals surface area contributed by atoms with Gasteiger partial charge >= 0.3 is 0 Å². The summed E-state index contributed by atoms with van der Waals surface area (Å²) in [5.41, 5.74) is 10.1. The Morgan fingerprint density at radius 1 is 1.42 bits per heavy atom. The summed E-state index contributed by atoms with van der Waals surface area (Å²) in [6.07, 6.45) is 1.46. The molecule has 0 aromatic carbocycles. The van der Waals surface area contributed by atoms with Crippen LogP contribution in [0.3, 0.4) is 0 Å². The SMILES string of the molecule is C/C(N)=C/N(N)C(C)(C)C(N)=O. The van der Waals surface area contributed by atoms with Gasteiger partial charge in [-0.05, 0) is 20.8 Å². The molecule has 0 aromatic heterocycles. The van der Waals surface area contributed by atoms with Crippen LogP contribution in [-0.4, -0.2) is 16.5 Å². The average molecular weight is 172 g/mol. The van der Waals surface area contributed by atoms with E-state index in [1.54, 1.807) is 20.8 Å². The van der Waals surface area contributed by atoms with E-state index in [4.69, 9.17) is 17.3 Å². The number of carbonyl (C=O) groups excluding carboxylic acids is 1. The molecule has 0 unspecified atom stereocenters. The van der Waals surface area contributed by atoms with E-state index in [1.165, 1.54) is 11.2 Å². The van der Waals surface area contributed by atoms with Crippen molar-refractivity contribution in [3.8, 4) is 0 Å². The summed E-state index contributed by atoms with van der Waals surface area (Å²) in [4.78, 5) is 10.9. The van der Waals surface area contributed by atoms with Gasteiger partial charge in [-0.3, -0.25) is 4.79 Å². The molecule has 0 aliphatic heterocycles. The van der Waals surface area contributed by atoms with Crippen molar-refractivity contribution in [3.63, 3.8) is 0 Å². The number of hydrazine groups is 1. The molecule has 0 spiro atoms. The molecule has 0 aromatic rings. The van der Waals surface area contributed by atoms with Crippen molar-refractivity contribution in [2.45, 2.75) is 26.3 Å². The lowest BCUT2D eigenvalue weighted by molar-refractivity contribution is -0.126. The van der Waals surface area contributed by atoms with E-state index in [0.29, 0.717) is 5.70 Å². The van der Waals surface area contributed by atoms with Crippen molar-refractivity contribution in [1.29, 1.82) is 0 Å². The van der Waals surface area contributed by atoms with Crippen LogP contribution in [0.15, 0.2) is 11.9 Å². The summed E-state index contributed by atoms with van der Waals surface area (Å²) in [6, 6.07) is 0. The first kappa shape index (κ1) is 10.8. The summed E-state index contributed by atoms with van der Waals surface area (Å²) >= 11 is 0. The van der Waals surface area contributed by atoms with Gasteiger partial charge in [0, 0.05) is 11.9 Å². The summed E-state index contributed by atoms with van der Waals surface area (Å²) in [5.74, 6) is 5.03. The van der Waals surface area contributed by atoms with Crippen molar-refractivity contribution < 1.29 is 4.79 Å². The predicted molar refractivity (Wildman–Crippen MR) is 47.2 cm³/mol. The predicted octanol–water partition coefficient (Wildman–Crippen LogP) is -0.754. The fraction of sp³-hybridized carbons (Fsp3) is 0.571. The molecule has 0 aliphatic carbocycles. The van der Waals surface area contributed by atoms with Gasteiger partial charge in [-0.15, -0.1) is 0 Å². The smallest absolute Gasteiger partial charge is 0.244 e. The van der Waals surface area contributed by atoms with E-state index >= 15 is 0 Å². The Hall–Kier alpha value is -1.23. The van der Waals surface area contributed by atoms with Crippen molar-refractivity contribution in [2.24, 2.45) is 17.3 Å². The van der Waals surface area contributed by atoms with Gasteiger partial charge in [0.05, 0.1) is 0 Å². The van der Waals surface area contributed by atoms with E-state index in [1.807, 2.05) is 0 Å². The molecule has 12 heavy (non-hydrogen) atoms. The lowest BCUT2D eigenvalue weighted by Gasteiger charge is -2.30. The monoisotopic (exact) mass is 172 g/mol. The number of hydrogen-bond acceptors (Lipinski definition) is 4. The molecule has 0 fully saturated rings. The maximum Gasteiger partial charge on any atom is 0.244 e. The Balaban J connectivity index is 4.57. The van der Waals surface area contributed by atoms with Crippen molar-refractivity contribution in [2.75, 3.05) is 0 Å². The average Bonchev–Trinajstić information content (AvgIpc) is 1.85. The first-order valence-corrected chi connectivity index (χ1v) is 3.56. The van der Waals surface area contributed by atoms with E-state index in [2.05, 4.69) is 0 Å². The highest BCUT2D eigenvalue weighted by molar-refractivity contribution is 5.83. The summed E-state index contributed by atoms with van der Waals surface area (Å²) in [5, 5.41) is 1.20. The third kappa shape index (κ3) is 2.43. The van der Waals surface area contributed by atoms with E-state index in [9.17, 15) is 4.79 Å². The molecule has 0 saturated heterocycles. The lowest BCUT2D eigenvalue weighted by atomic mass is 10.1. The number of amides is 1. The number of nitrogens with two attached hydrogens (primary N) is 3. The Morgan fingerprint density at radius 3 is 2.08 bits per heavy atom. The fourth-order valence-electron chi connectivity index (χ4n) is 0.508. The van der Waals surface area contributed by atoms with Gasteiger partial charge in [-0.2, -0.15) is 0 Å². The minimum Gasteiger partial charge on any atom is -0.401 e. The van der Waals surface area contributed by atoms with Crippen LogP contribution in [0.1, 0.15) is 20.8 Å². The first-order chi connectivity index (χ1) is 5.28. The number of primary amides is 1. The van der Waals surface area contributed by atoms with Gasteiger partial charge < -0.3 is 16.5 Å². The number of hydrogen-bond donors (Lipinski definition) is 3. The summed E-state index contributed by atoms with van der Waals surface area (Å²) < 4.78 is 0. The van der Waals surface area contributed by atoms with Crippen LogP contribution in [-0.2, 0) is 4.79 Å². The Kier molecular flexibility index (Phi) is 3.09. The minimum absolute atomic E-state index is 0.498. The van der Waals surface area contributed by atoms with Crippen LogP contribution in [0.25, 0.3) is 0 Å². The molecule has 70 valence electrons. The van der Waals surface area contributed by atoms with Crippen LogP contribution < -0.4 is 17.3 Å². The maximum atomic E-state index is 10.9. The zero-order chi connectivity index (χ0) is 9.94. The van der Waals surface area contributed by atoms with Crippen LogP contribution in [0, 0.1) is 0 Å². The molecular weight excluding hydrogens is 156 g/mol. The molecule has 0 radical (unpaired) electrons. The highest BCUT2D eigenvalue weighted by Gasteiger charge is 2.28. The van der Waals surface area contributed by atoms with Crippen LogP contribution in [0.2, 0.25) is 0 Å². The van der Waals surface area contributed by atoms with Crippen molar-refractivity contribution in [1.82, 2.24) is 5.01 Å². The molecule has 0 saturated carbocycles. The number of carbonyl (C=O) groups is 1. The second kappa shape index (κ2) is 3.44. The zero-order valence-electron chi connectivity index (χ0n) is 7.66. The number of allylic oxidation sites excluding steroid dienone is 1. The van der Waals surface area contributed by atoms with Gasteiger partial charge in [0.25, 0.3) is 0 Å². The Bertz CT molecular complexity index is 205. The Morgan fingerprint density at radius 2 is 1.83 bits per heavy atom. The van der Waals surface area contributed by atoms with E-state index < -0.39 is 11.4 Å². The molecule has 0 heterocycles. The molecule has 0 aliphatic rings. The molecule has 6 N–H and O–H groups in total. The molecule has 1 amide bonds. The largest absolute Gasteiger partial charge is 0.401 e. The van der Waals surface area contributed by atoms with Crippen molar-refractivity contribution >= 4 is 5.91 Å². The number of nitrogens with zero attached hydrogens (tertiary/aromatic N) is 1. The summed E-state index contributed by atoms with van der Waals surface area (Å²) in [6.45, 7) is 4.92.